The Hall–Kier alpha value is -2.93. The number of halogens is 1. The Balaban J connectivity index is 1.82. The van der Waals surface area contributed by atoms with Crippen LogP contribution >= 0.6 is 11.6 Å². The van der Waals surface area contributed by atoms with Crippen LogP contribution in [0.2, 0.25) is 5.02 Å². The molecule has 0 radical (unpaired) electrons. The zero-order valence-corrected chi connectivity index (χ0v) is 14.5. The molecule has 0 spiro atoms. The first-order chi connectivity index (χ1) is 12.2. The summed E-state index contributed by atoms with van der Waals surface area (Å²) in [6, 6.07) is 7.84. The average Bonchev–Trinajstić information content (AvgIpc) is 2.66. The van der Waals surface area contributed by atoms with Crippen molar-refractivity contribution < 1.29 is 9.47 Å². The zero-order chi connectivity index (χ0) is 17.6. The van der Waals surface area contributed by atoms with Crippen LogP contribution in [0.1, 0.15) is 5.56 Å². The SMILES string of the molecule is COc1ncc(-c2cncc(NCc3cccc(Cl)c3)n2)c(OC)n1. The Bertz CT molecular complexity index is 875. The third kappa shape index (κ3) is 4.13. The lowest BCUT2D eigenvalue weighted by atomic mass is 10.2. The second kappa shape index (κ2) is 7.76. The normalized spacial score (nSPS) is 10.4. The predicted octanol–water partition coefficient (Wildman–Crippen LogP) is 3.22. The van der Waals surface area contributed by atoms with Gasteiger partial charge in [-0.25, -0.2) is 9.97 Å². The molecule has 0 bridgehead atoms. The van der Waals surface area contributed by atoms with Crippen molar-refractivity contribution in [2.45, 2.75) is 6.54 Å². The summed E-state index contributed by atoms with van der Waals surface area (Å²) >= 11 is 6.00. The van der Waals surface area contributed by atoms with E-state index in [1.165, 1.54) is 14.2 Å². The molecule has 0 saturated heterocycles. The molecule has 0 aliphatic rings. The number of rotatable bonds is 6. The molecule has 0 atom stereocenters. The van der Waals surface area contributed by atoms with Crippen LogP contribution in [0.25, 0.3) is 11.3 Å². The first-order valence-electron chi connectivity index (χ1n) is 7.45. The lowest BCUT2D eigenvalue weighted by Crippen LogP contribution is -2.03. The maximum Gasteiger partial charge on any atom is 0.319 e. The van der Waals surface area contributed by atoms with Gasteiger partial charge >= 0.3 is 6.01 Å². The van der Waals surface area contributed by atoms with Crippen molar-refractivity contribution in [3.05, 3.63) is 53.4 Å². The fourth-order valence-corrected chi connectivity index (χ4v) is 2.41. The Morgan fingerprint density at radius 3 is 2.72 bits per heavy atom. The molecular weight excluding hydrogens is 342 g/mol. The van der Waals surface area contributed by atoms with Gasteiger partial charge in [-0.1, -0.05) is 23.7 Å². The van der Waals surface area contributed by atoms with Gasteiger partial charge in [-0.15, -0.1) is 0 Å². The van der Waals surface area contributed by atoms with Crippen molar-refractivity contribution >= 4 is 17.4 Å². The number of anilines is 1. The van der Waals surface area contributed by atoms with Gasteiger partial charge in [0.25, 0.3) is 0 Å². The molecule has 3 aromatic rings. The van der Waals surface area contributed by atoms with Crippen LogP contribution in [-0.2, 0) is 6.54 Å². The van der Waals surface area contributed by atoms with Crippen LogP contribution in [0.5, 0.6) is 11.9 Å². The minimum atomic E-state index is 0.226. The summed E-state index contributed by atoms with van der Waals surface area (Å²) in [6.07, 6.45) is 4.86. The van der Waals surface area contributed by atoms with Gasteiger partial charge in [0.1, 0.15) is 5.82 Å². The van der Waals surface area contributed by atoms with E-state index in [-0.39, 0.29) is 6.01 Å². The highest BCUT2D eigenvalue weighted by atomic mass is 35.5. The third-order valence-corrected chi connectivity index (χ3v) is 3.62. The molecule has 8 heteroatoms. The van der Waals surface area contributed by atoms with Crippen LogP contribution in [0.15, 0.2) is 42.9 Å². The highest BCUT2D eigenvalue weighted by Crippen LogP contribution is 2.27. The number of aromatic nitrogens is 4. The van der Waals surface area contributed by atoms with Crippen LogP contribution in [0.4, 0.5) is 5.82 Å². The summed E-state index contributed by atoms with van der Waals surface area (Å²) in [5, 5.41) is 3.91. The minimum Gasteiger partial charge on any atom is -0.480 e. The number of hydrogen-bond donors (Lipinski definition) is 1. The fraction of sp³-hybridized carbons (Fsp3) is 0.176. The van der Waals surface area contributed by atoms with Gasteiger partial charge in [-0.3, -0.25) is 4.98 Å². The van der Waals surface area contributed by atoms with Gasteiger partial charge in [-0.05, 0) is 17.7 Å². The van der Waals surface area contributed by atoms with Crippen molar-refractivity contribution in [1.29, 1.82) is 0 Å². The van der Waals surface area contributed by atoms with Crippen molar-refractivity contribution in [3.8, 4) is 23.1 Å². The van der Waals surface area contributed by atoms with Crippen molar-refractivity contribution in [1.82, 2.24) is 19.9 Å². The molecule has 0 amide bonds. The second-order valence-corrected chi connectivity index (χ2v) is 5.49. The smallest absolute Gasteiger partial charge is 0.319 e. The van der Waals surface area contributed by atoms with Crippen LogP contribution < -0.4 is 14.8 Å². The summed E-state index contributed by atoms with van der Waals surface area (Å²) < 4.78 is 10.3. The van der Waals surface area contributed by atoms with Crippen molar-refractivity contribution in [2.24, 2.45) is 0 Å². The summed E-state index contributed by atoms with van der Waals surface area (Å²) in [5.41, 5.74) is 2.27. The van der Waals surface area contributed by atoms with Gasteiger partial charge in [0, 0.05) is 17.8 Å². The second-order valence-electron chi connectivity index (χ2n) is 5.05. The van der Waals surface area contributed by atoms with E-state index in [4.69, 9.17) is 21.1 Å². The third-order valence-electron chi connectivity index (χ3n) is 3.38. The van der Waals surface area contributed by atoms with Gasteiger partial charge in [0.2, 0.25) is 5.88 Å². The number of methoxy groups -OCH3 is 2. The molecule has 3 rings (SSSR count). The molecule has 7 nitrogen and oxygen atoms in total. The predicted molar refractivity (Wildman–Crippen MR) is 94.9 cm³/mol. The topological polar surface area (TPSA) is 82.1 Å². The molecule has 0 unspecified atom stereocenters. The molecule has 25 heavy (non-hydrogen) atoms. The monoisotopic (exact) mass is 357 g/mol. The lowest BCUT2D eigenvalue weighted by molar-refractivity contribution is 0.353. The van der Waals surface area contributed by atoms with E-state index in [1.54, 1.807) is 18.6 Å². The van der Waals surface area contributed by atoms with Crippen LogP contribution in [0, 0.1) is 0 Å². The molecule has 128 valence electrons. The molecule has 0 aliphatic carbocycles. The number of ether oxygens (including phenoxy) is 2. The summed E-state index contributed by atoms with van der Waals surface area (Å²) in [4.78, 5) is 17.0. The number of nitrogens with one attached hydrogen (secondary N) is 1. The summed E-state index contributed by atoms with van der Waals surface area (Å²) in [6.45, 7) is 0.578. The highest BCUT2D eigenvalue weighted by Gasteiger charge is 2.12. The molecule has 0 fully saturated rings. The zero-order valence-electron chi connectivity index (χ0n) is 13.7. The number of benzene rings is 1. The summed E-state index contributed by atoms with van der Waals surface area (Å²) in [7, 11) is 3.02. The van der Waals surface area contributed by atoms with Gasteiger partial charge in [0.05, 0.1) is 37.9 Å². The van der Waals surface area contributed by atoms with E-state index in [0.29, 0.717) is 34.5 Å². The highest BCUT2D eigenvalue weighted by molar-refractivity contribution is 6.30. The molecule has 2 aromatic heterocycles. The fourth-order valence-electron chi connectivity index (χ4n) is 2.20. The van der Waals surface area contributed by atoms with Crippen LogP contribution in [-0.4, -0.2) is 34.2 Å². The standard InChI is InChI=1S/C17H16ClN5O2/c1-24-16-13(8-21-17(23-16)25-2)14-9-19-10-15(22-14)20-7-11-4-3-5-12(18)6-11/h3-6,8-10H,7H2,1-2H3,(H,20,22). The maximum atomic E-state index is 6.00. The minimum absolute atomic E-state index is 0.226. The molecule has 1 N–H and O–H groups in total. The van der Waals surface area contributed by atoms with E-state index >= 15 is 0 Å². The maximum absolute atomic E-state index is 6.00. The Labute approximate surface area is 150 Å². The molecule has 2 heterocycles. The van der Waals surface area contributed by atoms with E-state index < -0.39 is 0 Å². The largest absolute Gasteiger partial charge is 0.480 e. The van der Waals surface area contributed by atoms with Gasteiger partial charge in [-0.2, -0.15) is 4.98 Å². The Morgan fingerprint density at radius 2 is 1.96 bits per heavy atom. The number of hydrogen-bond acceptors (Lipinski definition) is 7. The molecule has 0 saturated carbocycles. The molecule has 0 aliphatic heterocycles. The first-order valence-corrected chi connectivity index (χ1v) is 7.83. The molecule has 1 aromatic carbocycles. The van der Waals surface area contributed by atoms with E-state index in [9.17, 15) is 0 Å². The van der Waals surface area contributed by atoms with Gasteiger partial charge in [0.15, 0.2) is 0 Å². The van der Waals surface area contributed by atoms with E-state index in [1.807, 2.05) is 24.3 Å². The van der Waals surface area contributed by atoms with E-state index in [2.05, 4.69) is 25.3 Å². The first kappa shape index (κ1) is 16.9. The average molecular weight is 358 g/mol. The van der Waals surface area contributed by atoms with Crippen LogP contribution in [0.3, 0.4) is 0 Å². The summed E-state index contributed by atoms with van der Waals surface area (Å²) in [5.74, 6) is 0.989. The Morgan fingerprint density at radius 1 is 1.08 bits per heavy atom. The Kier molecular flexibility index (Phi) is 5.25. The quantitative estimate of drug-likeness (QED) is 0.725. The number of nitrogens with zero attached hydrogens (tertiary/aromatic N) is 4. The van der Waals surface area contributed by atoms with E-state index in [0.717, 1.165) is 5.56 Å². The molecular formula is C17H16ClN5O2. The van der Waals surface area contributed by atoms with Crippen molar-refractivity contribution in [2.75, 3.05) is 19.5 Å². The lowest BCUT2D eigenvalue weighted by Gasteiger charge is -2.10. The van der Waals surface area contributed by atoms with Crippen molar-refractivity contribution in [3.63, 3.8) is 0 Å². The van der Waals surface area contributed by atoms with Gasteiger partial charge < -0.3 is 14.8 Å².